The molecule has 0 spiro atoms. The maximum atomic E-state index is 12.0. The van der Waals surface area contributed by atoms with Crippen LogP contribution in [0.1, 0.15) is 41.4 Å². The fourth-order valence-electron chi connectivity index (χ4n) is 2.12. The van der Waals surface area contributed by atoms with Gasteiger partial charge in [0.2, 0.25) is 0 Å². The summed E-state index contributed by atoms with van der Waals surface area (Å²) in [5.41, 5.74) is 1.13. The van der Waals surface area contributed by atoms with Gasteiger partial charge in [-0.2, -0.15) is 0 Å². The van der Waals surface area contributed by atoms with Crippen molar-refractivity contribution in [1.29, 1.82) is 0 Å². The lowest BCUT2D eigenvalue weighted by atomic mass is 10.2. The van der Waals surface area contributed by atoms with Crippen molar-refractivity contribution in [2.24, 2.45) is 0 Å². The Morgan fingerprint density at radius 3 is 3.06 bits per heavy atom. The molecule has 0 saturated heterocycles. The molecule has 1 aliphatic rings. The molecule has 1 aromatic rings. The third-order valence-electron chi connectivity index (χ3n) is 3.08. The van der Waals surface area contributed by atoms with Gasteiger partial charge >= 0.3 is 0 Å². The molecule has 1 N–H and O–H groups in total. The zero-order valence-electron chi connectivity index (χ0n) is 9.33. The zero-order chi connectivity index (χ0) is 11.5. The molecule has 0 radical (unpaired) electrons. The van der Waals surface area contributed by atoms with E-state index in [1.165, 1.54) is 11.3 Å². The number of carbonyl (C=O) groups excluding carboxylic acids is 1. The van der Waals surface area contributed by atoms with Gasteiger partial charge in [-0.3, -0.25) is 4.79 Å². The van der Waals surface area contributed by atoms with E-state index in [-0.39, 0.29) is 17.3 Å². The average molecular weight is 258 g/mol. The van der Waals surface area contributed by atoms with Gasteiger partial charge in [-0.1, -0.05) is 6.92 Å². The third-order valence-corrected chi connectivity index (χ3v) is 4.56. The lowest BCUT2D eigenvalue weighted by Crippen LogP contribution is -2.37. The molecule has 88 valence electrons. The second-order valence-corrected chi connectivity index (χ2v) is 5.63. The Bertz CT molecular complexity index is 377. The summed E-state index contributed by atoms with van der Waals surface area (Å²) in [7, 11) is 0. The van der Waals surface area contributed by atoms with Gasteiger partial charge in [0.05, 0.1) is 10.3 Å². The highest BCUT2D eigenvalue weighted by Gasteiger charge is 2.27. The van der Waals surface area contributed by atoms with Gasteiger partial charge in [0.1, 0.15) is 0 Å². The van der Waals surface area contributed by atoms with Crippen molar-refractivity contribution in [2.45, 2.75) is 44.0 Å². The first-order valence-electron chi connectivity index (χ1n) is 5.73. The largest absolute Gasteiger partial charge is 0.347 e. The van der Waals surface area contributed by atoms with Gasteiger partial charge in [0.25, 0.3) is 5.91 Å². The summed E-state index contributed by atoms with van der Waals surface area (Å²) < 4.78 is 0. The Morgan fingerprint density at radius 2 is 2.44 bits per heavy atom. The fraction of sp³-hybridized carbons (Fsp3) is 0.583. The van der Waals surface area contributed by atoms with Crippen LogP contribution in [0.4, 0.5) is 0 Å². The lowest BCUT2D eigenvalue weighted by molar-refractivity contribution is 0.0941. The molecule has 1 aromatic heterocycles. The van der Waals surface area contributed by atoms with Crippen molar-refractivity contribution in [1.82, 2.24) is 5.32 Å². The maximum Gasteiger partial charge on any atom is 0.261 e. The summed E-state index contributed by atoms with van der Waals surface area (Å²) in [6, 6.07) is 2.17. The highest BCUT2D eigenvalue weighted by atomic mass is 35.5. The first kappa shape index (κ1) is 11.9. The van der Waals surface area contributed by atoms with Crippen LogP contribution in [0.15, 0.2) is 11.4 Å². The van der Waals surface area contributed by atoms with Gasteiger partial charge in [-0.25, -0.2) is 0 Å². The summed E-state index contributed by atoms with van der Waals surface area (Å²) in [4.78, 5) is 12.9. The van der Waals surface area contributed by atoms with Crippen LogP contribution >= 0.6 is 22.9 Å². The first-order valence-corrected chi connectivity index (χ1v) is 7.05. The predicted octanol–water partition coefficient (Wildman–Crippen LogP) is 3.20. The molecule has 2 nitrogen and oxygen atoms in total. The summed E-state index contributed by atoms with van der Waals surface area (Å²) >= 11 is 7.66. The fourth-order valence-corrected chi connectivity index (χ4v) is 3.37. The Kier molecular flexibility index (Phi) is 3.87. The Morgan fingerprint density at radius 1 is 1.62 bits per heavy atom. The van der Waals surface area contributed by atoms with Crippen LogP contribution in [0.5, 0.6) is 0 Å². The molecule has 2 unspecified atom stereocenters. The van der Waals surface area contributed by atoms with Crippen molar-refractivity contribution in [3.8, 4) is 0 Å². The van der Waals surface area contributed by atoms with Crippen LogP contribution in [0.2, 0.25) is 0 Å². The zero-order valence-corrected chi connectivity index (χ0v) is 10.9. The van der Waals surface area contributed by atoms with E-state index in [9.17, 15) is 4.79 Å². The van der Waals surface area contributed by atoms with Crippen molar-refractivity contribution in [2.75, 3.05) is 0 Å². The van der Waals surface area contributed by atoms with Crippen LogP contribution in [-0.2, 0) is 6.42 Å². The molecule has 1 aliphatic carbocycles. The monoisotopic (exact) mass is 257 g/mol. The molecule has 16 heavy (non-hydrogen) atoms. The molecular formula is C12H16ClNOS. The van der Waals surface area contributed by atoms with Gasteiger partial charge in [-0.05, 0) is 42.7 Å². The minimum absolute atomic E-state index is 0.0457. The Hall–Kier alpha value is -0.540. The van der Waals surface area contributed by atoms with E-state index in [1.54, 1.807) is 0 Å². The van der Waals surface area contributed by atoms with Gasteiger partial charge in [-0.15, -0.1) is 22.9 Å². The SMILES string of the molecule is CCc1ccsc1C(=O)NC1CCCC1Cl. The number of amides is 1. The number of thiophene rings is 1. The van der Waals surface area contributed by atoms with Gasteiger partial charge < -0.3 is 5.32 Å². The molecule has 1 heterocycles. The van der Waals surface area contributed by atoms with Crippen LogP contribution < -0.4 is 5.32 Å². The molecule has 0 bridgehead atoms. The molecule has 0 aromatic carbocycles. The molecule has 0 aliphatic heterocycles. The average Bonchev–Trinajstić information content (AvgIpc) is 2.87. The molecule has 1 saturated carbocycles. The standard InChI is InChI=1S/C12H16ClNOS/c1-2-8-6-7-16-11(8)12(15)14-10-5-3-4-9(10)13/h6-7,9-10H,2-5H2,1H3,(H,14,15). The van der Waals surface area contributed by atoms with Crippen LogP contribution in [0.3, 0.4) is 0 Å². The number of carbonyl (C=O) groups is 1. The maximum absolute atomic E-state index is 12.0. The topological polar surface area (TPSA) is 29.1 Å². The normalized spacial score (nSPS) is 24.6. The van der Waals surface area contributed by atoms with E-state index < -0.39 is 0 Å². The second kappa shape index (κ2) is 5.19. The van der Waals surface area contributed by atoms with E-state index in [4.69, 9.17) is 11.6 Å². The van der Waals surface area contributed by atoms with Crippen LogP contribution in [0.25, 0.3) is 0 Å². The summed E-state index contributed by atoms with van der Waals surface area (Å²) in [5, 5.41) is 5.12. The van der Waals surface area contributed by atoms with E-state index in [1.807, 2.05) is 11.4 Å². The number of alkyl halides is 1. The highest BCUT2D eigenvalue weighted by Crippen LogP contribution is 2.25. The molecule has 1 amide bonds. The van der Waals surface area contributed by atoms with Gasteiger partial charge in [0.15, 0.2) is 0 Å². The Labute approximate surface area is 105 Å². The molecule has 1 fully saturated rings. The number of aryl methyl sites for hydroxylation is 1. The molecular weight excluding hydrogens is 242 g/mol. The van der Waals surface area contributed by atoms with Crippen molar-refractivity contribution >= 4 is 28.8 Å². The number of hydrogen-bond donors (Lipinski definition) is 1. The molecule has 2 atom stereocenters. The minimum atomic E-state index is 0.0457. The quantitative estimate of drug-likeness (QED) is 0.828. The third kappa shape index (κ3) is 2.41. The summed E-state index contributed by atoms with van der Waals surface area (Å²) in [5.74, 6) is 0.0457. The van der Waals surface area contributed by atoms with Gasteiger partial charge in [0, 0.05) is 6.04 Å². The lowest BCUT2D eigenvalue weighted by Gasteiger charge is -2.15. The number of rotatable bonds is 3. The minimum Gasteiger partial charge on any atom is -0.347 e. The van der Waals surface area contributed by atoms with Crippen LogP contribution in [0, 0.1) is 0 Å². The number of halogens is 1. The smallest absolute Gasteiger partial charge is 0.261 e. The van der Waals surface area contributed by atoms with E-state index in [0.717, 1.165) is 36.1 Å². The molecule has 4 heteroatoms. The van der Waals surface area contributed by atoms with E-state index in [0.29, 0.717) is 0 Å². The van der Waals surface area contributed by atoms with E-state index >= 15 is 0 Å². The Balaban J connectivity index is 2.02. The van der Waals surface area contributed by atoms with Crippen molar-refractivity contribution < 1.29 is 4.79 Å². The van der Waals surface area contributed by atoms with Crippen molar-refractivity contribution in [3.63, 3.8) is 0 Å². The second-order valence-electron chi connectivity index (χ2n) is 4.16. The number of hydrogen-bond acceptors (Lipinski definition) is 2. The molecule has 2 rings (SSSR count). The summed E-state index contributed by atoms with van der Waals surface area (Å²) in [6.45, 7) is 2.07. The summed E-state index contributed by atoms with van der Waals surface area (Å²) in [6.07, 6.45) is 4.04. The predicted molar refractivity (Wildman–Crippen MR) is 68.4 cm³/mol. The highest BCUT2D eigenvalue weighted by molar-refractivity contribution is 7.12. The van der Waals surface area contributed by atoms with Crippen LogP contribution in [-0.4, -0.2) is 17.3 Å². The number of nitrogens with one attached hydrogen (secondary N) is 1. The first-order chi connectivity index (χ1) is 7.72. The van der Waals surface area contributed by atoms with E-state index in [2.05, 4.69) is 12.2 Å². The van der Waals surface area contributed by atoms with Crippen molar-refractivity contribution in [3.05, 3.63) is 21.9 Å².